The van der Waals surface area contributed by atoms with Crippen molar-refractivity contribution in [3.8, 4) is 39.8 Å². The van der Waals surface area contributed by atoms with E-state index in [1.807, 2.05) is 60.7 Å². The summed E-state index contributed by atoms with van der Waals surface area (Å²) in [5, 5.41) is 24.1. The lowest BCUT2D eigenvalue weighted by atomic mass is 10.1. The van der Waals surface area contributed by atoms with E-state index in [0.29, 0.717) is 17.1 Å². The van der Waals surface area contributed by atoms with Gasteiger partial charge in [0.05, 0.1) is 24.7 Å². The Bertz CT molecular complexity index is 1260. The van der Waals surface area contributed by atoms with Crippen LogP contribution in [-0.4, -0.2) is 33.5 Å². The Morgan fingerprint density at radius 2 is 1.53 bits per heavy atom. The summed E-state index contributed by atoms with van der Waals surface area (Å²) in [6.45, 7) is 1.63. The zero-order chi connectivity index (χ0) is 22.5. The number of rotatable bonds is 6. The van der Waals surface area contributed by atoms with Crippen molar-refractivity contribution in [1.82, 2.24) is 9.97 Å². The molecule has 3 aromatic carbocycles. The molecule has 32 heavy (non-hydrogen) atoms. The first kappa shape index (κ1) is 20.9. The van der Waals surface area contributed by atoms with Gasteiger partial charge in [0.25, 0.3) is 0 Å². The molecule has 1 heterocycles. The van der Waals surface area contributed by atoms with Gasteiger partial charge in [-0.3, -0.25) is 0 Å². The Morgan fingerprint density at radius 1 is 0.875 bits per heavy atom. The van der Waals surface area contributed by atoms with Crippen LogP contribution in [0.4, 0.5) is 5.95 Å². The molecule has 0 saturated carbocycles. The second-order valence-electron chi connectivity index (χ2n) is 7.07. The molecule has 0 unspecified atom stereocenters. The van der Waals surface area contributed by atoms with E-state index in [-0.39, 0.29) is 11.5 Å². The highest BCUT2D eigenvalue weighted by atomic mass is 16.5. The molecule has 3 N–H and O–H groups in total. The minimum atomic E-state index is -0.0339. The fraction of sp³-hybridized carbons (Fsp3) is 0.0800. The Kier molecular flexibility index (Phi) is 5.98. The average Bonchev–Trinajstić information content (AvgIpc) is 2.84. The summed E-state index contributed by atoms with van der Waals surface area (Å²) < 4.78 is 5.24. The van der Waals surface area contributed by atoms with Crippen molar-refractivity contribution < 1.29 is 14.9 Å². The van der Waals surface area contributed by atoms with Gasteiger partial charge in [0.1, 0.15) is 17.2 Å². The quantitative estimate of drug-likeness (QED) is 0.297. The summed E-state index contributed by atoms with van der Waals surface area (Å²) in [4.78, 5) is 9.18. The smallest absolute Gasteiger partial charge is 0.244 e. The number of nitrogens with one attached hydrogen (secondary N) is 1. The van der Waals surface area contributed by atoms with Crippen LogP contribution in [0.25, 0.3) is 22.5 Å². The molecule has 0 fully saturated rings. The van der Waals surface area contributed by atoms with Gasteiger partial charge in [0.2, 0.25) is 5.95 Å². The van der Waals surface area contributed by atoms with Crippen LogP contribution in [0.5, 0.6) is 17.2 Å². The Hall–Kier alpha value is -4.39. The normalized spacial score (nSPS) is 10.9. The van der Waals surface area contributed by atoms with Gasteiger partial charge in [-0.1, -0.05) is 30.3 Å². The van der Waals surface area contributed by atoms with Gasteiger partial charge in [-0.05, 0) is 49.4 Å². The van der Waals surface area contributed by atoms with Crippen LogP contribution in [0.2, 0.25) is 0 Å². The second kappa shape index (κ2) is 9.18. The molecule has 0 radical (unpaired) electrons. The van der Waals surface area contributed by atoms with E-state index < -0.39 is 0 Å². The van der Waals surface area contributed by atoms with Crippen molar-refractivity contribution >= 4 is 12.2 Å². The lowest BCUT2D eigenvalue weighted by Crippen LogP contribution is -2.00. The highest BCUT2D eigenvalue weighted by Crippen LogP contribution is 2.29. The summed E-state index contributed by atoms with van der Waals surface area (Å²) in [5.74, 6) is 1.06. The van der Waals surface area contributed by atoms with Crippen molar-refractivity contribution in [3.63, 3.8) is 0 Å². The largest absolute Gasteiger partial charge is 0.508 e. The topological polar surface area (TPSA) is 99.9 Å². The fourth-order valence-electron chi connectivity index (χ4n) is 3.14. The maximum atomic E-state index is 10.2. The summed E-state index contributed by atoms with van der Waals surface area (Å²) in [6.07, 6.45) is 1.45. The summed E-state index contributed by atoms with van der Waals surface area (Å²) in [7, 11) is 1.63. The van der Waals surface area contributed by atoms with Crippen LogP contribution in [0.1, 0.15) is 11.1 Å². The Balaban J connectivity index is 1.68. The third-order valence-electron chi connectivity index (χ3n) is 4.98. The van der Waals surface area contributed by atoms with E-state index in [4.69, 9.17) is 4.74 Å². The van der Waals surface area contributed by atoms with Crippen molar-refractivity contribution in [2.45, 2.75) is 6.92 Å². The summed E-state index contributed by atoms with van der Waals surface area (Å²) >= 11 is 0. The van der Waals surface area contributed by atoms with Gasteiger partial charge in [0.15, 0.2) is 0 Å². The van der Waals surface area contributed by atoms with Crippen LogP contribution in [0.3, 0.4) is 0 Å². The number of phenols is 2. The molecule has 4 aromatic rings. The number of hydrazone groups is 1. The number of benzene rings is 3. The first-order chi connectivity index (χ1) is 15.5. The summed E-state index contributed by atoms with van der Waals surface area (Å²) in [6, 6.07) is 22.4. The number of hydrogen-bond donors (Lipinski definition) is 3. The highest BCUT2D eigenvalue weighted by molar-refractivity contribution is 5.85. The van der Waals surface area contributed by atoms with Crippen LogP contribution in [0.15, 0.2) is 77.9 Å². The second-order valence-corrected chi connectivity index (χ2v) is 7.07. The first-order valence-electron chi connectivity index (χ1n) is 9.94. The first-order valence-corrected chi connectivity index (χ1v) is 9.94. The number of phenolic OH excluding ortho intramolecular Hbond substituents is 2. The molecule has 0 spiro atoms. The van der Waals surface area contributed by atoms with E-state index in [9.17, 15) is 10.2 Å². The number of nitrogens with zero attached hydrogens (tertiary/aromatic N) is 3. The van der Waals surface area contributed by atoms with Crippen molar-refractivity contribution in [2.24, 2.45) is 5.10 Å². The number of ether oxygens (including phenoxy) is 1. The number of aromatic hydroxyl groups is 2. The number of hydrogen-bond acceptors (Lipinski definition) is 7. The van der Waals surface area contributed by atoms with E-state index in [1.165, 1.54) is 12.3 Å². The standard InChI is InChI=1S/C25H22N4O3/c1-16-23(30)13-10-19(24(16)31)15-26-29-25-27-21(17-6-4-3-5-7-17)14-22(28-25)18-8-11-20(32-2)12-9-18/h3-15,30-31H,1-2H3,(H,27,28,29)/b26-15+. The molecular formula is C25H22N4O3. The Labute approximate surface area is 185 Å². The van der Waals surface area contributed by atoms with Gasteiger partial charge in [0, 0.05) is 22.3 Å². The van der Waals surface area contributed by atoms with Crippen LogP contribution < -0.4 is 10.2 Å². The third-order valence-corrected chi connectivity index (χ3v) is 4.98. The molecule has 0 amide bonds. The molecule has 1 aromatic heterocycles. The van der Waals surface area contributed by atoms with Crippen LogP contribution in [-0.2, 0) is 0 Å². The van der Waals surface area contributed by atoms with Gasteiger partial charge < -0.3 is 14.9 Å². The SMILES string of the molecule is COc1ccc(-c2cc(-c3ccccc3)nc(N/N=C/c3ccc(O)c(C)c3O)n2)cc1. The van der Waals surface area contributed by atoms with E-state index in [2.05, 4.69) is 20.5 Å². The number of anilines is 1. The van der Waals surface area contributed by atoms with Crippen molar-refractivity contribution in [1.29, 1.82) is 0 Å². The van der Waals surface area contributed by atoms with Gasteiger partial charge in [-0.25, -0.2) is 15.4 Å². The molecule has 7 heteroatoms. The Morgan fingerprint density at radius 3 is 2.19 bits per heavy atom. The molecule has 7 nitrogen and oxygen atoms in total. The number of methoxy groups -OCH3 is 1. The predicted octanol–water partition coefficient (Wildman–Crippen LogP) is 4.98. The highest BCUT2D eigenvalue weighted by Gasteiger charge is 2.10. The van der Waals surface area contributed by atoms with Crippen molar-refractivity contribution in [3.05, 3.63) is 83.9 Å². The maximum absolute atomic E-state index is 10.2. The molecule has 4 rings (SSSR count). The zero-order valence-electron chi connectivity index (χ0n) is 17.6. The minimum absolute atomic E-state index is 0.0237. The molecule has 0 aliphatic heterocycles. The van der Waals surface area contributed by atoms with Crippen molar-refractivity contribution in [2.75, 3.05) is 12.5 Å². The monoisotopic (exact) mass is 426 g/mol. The molecular weight excluding hydrogens is 404 g/mol. The van der Waals surface area contributed by atoms with Crippen LogP contribution in [0, 0.1) is 6.92 Å². The number of aromatic nitrogens is 2. The lowest BCUT2D eigenvalue weighted by Gasteiger charge is -2.09. The summed E-state index contributed by atoms with van der Waals surface area (Å²) in [5.41, 5.74) is 7.02. The lowest BCUT2D eigenvalue weighted by molar-refractivity contribution is 0.415. The van der Waals surface area contributed by atoms with Gasteiger partial charge in [-0.2, -0.15) is 5.10 Å². The third kappa shape index (κ3) is 4.52. The molecule has 0 saturated heterocycles. The van der Waals surface area contributed by atoms with E-state index in [1.54, 1.807) is 20.1 Å². The molecule has 0 atom stereocenters. The van der Waals surface area contributed by atoms with E-state index in [0.717, 1.165) is 28.3 Å². The molecule has 0 aliphatic carbocycles. The zero-order valence-corrected chi connectivity index (χ0v) is 17.6. The molecule has 160 valence electrons. The average molecular weight is 426 g/mol. The van der Waals surface area contributed by atoms with Gasteiger partial charge in [-0.15, -0.1) is 0 Å². The maximum Gasteiger partial charge on any atom is 0.244 e. The van der Waals surface area contributed by atoms with Gasteiger partial charge >= 0.3 is 0 Å². The predicted molar refractivity (Wildman–Crippen MR) is 125 cm³/mol. The molecule has 0 bridgehead atoms. The van der Waals surface area contributed by atoms with E-state index >= 15 is 0 Å². The molecule has 0 aliphatic rings. The van der Waals surface area contributed by atoms with Crippen LogP contribution >= 0.6 is 0 Å². The fourth-order valence-corrected chi connectivity index (χ4v) is 3.14. The minimum Gasteiger partial charge on any atom is -0.508 e.